The summed E-state index contributed by atoms with van der Waals surface area (Å²) in [5.74, 6) is 0. The van der Waals surface area contributed by atoms with Crippen molar-refractivity contribution < 1.29 is 4.42 Å². The standard InChI is InChI=1S/C54H40N2OSi/c1-58(2)51-31-17-27-46-48(35-34-44(53(46)51)43-33-32-40(36-52(43)58)55(38-20-8-4-9-21-38)39-22-10-5-11-23-39)56(47-28-14-12-24-41(47)37-18-6-3-7-19-37)49-29-16-26-45-42-25-13-15-30-50(42)57-54(45)49/h3-36H,1-2H3. The monoisotopic (exact) mass is 760 g/mol. The summed E-state index contributed by atoms with van der Waals surface area (Å²) in [6, 6.07) is 74.7. The first kappa shape index (κ1) is 34.1. The summed E-state index contributed by atoms with van der Waals surface area (Å²) in [6.45, 7) is 5.04. The first-order valence-corrected chi connectivity index (χ1v) is 23.0. The Bertz CT molecular complexity index is 3110. The summed E-state index contributed by atoms with van der Waals surface area (Å²) in [5.41, 5.74) is 13.4. The van der Waals surface area contributed by atoms with Gasteiger partial charge in [0.15, 0.2) is 5.58 Å². The lowest BCUT2D eigenvalue weighted by Gasteiger charge is -2.36. The smallest absolute Gasteiger partial charge is 0.159 e. The van der Waals surface area contributed by atoms with Crippen molar-refractivity contribution in [2.45, 2.75) is 13.1 Å². The average Bonchev–Trinajstić information content (AvgIpc) is 3.67. The molecular formula is C54H40N2OSi. The van der Waals surface area contributed by atoms with E-state index < -0.39 is 8.07 Å². The molecule has 9 aromatic carbocycles. The zero-order valence-corrected chi connectivity index (χ0v) is 33.4. The maximum absolute atomic E-state index is 6.78. The average molecular weight is 761 g/mol. The third-order valence-corrected chi connectivity index (χ3v) is 15.6. The summed E-state index contributed by atoms with van der Waals surface area (Å²) in [5, 5.41) is 7.71. The Hall–Kier alpha value is -7.14. The molecule has 0 fully saturated rings. The maximum atomic E-state index is 6.78. The number of benzene rings is 9. The van der Waals surface area contributed by atoms with E-state index in [1.54, 1.807) is 0 Å². The Morgan fingerprint density at radius 3 is 1.76 bits per heavy atom. The SMILES string of the molecule is C[Si]1(C)c2cc(N(c3ccccc3)c3ccccc3)ccc2-c2ccc(N(c3ccccc3-c3ccccc3)c3cccc4c3oc3ccccc34)c3cccc1c23. The zero-order chi connectivity index (χ0) is 38.8. The molecule has 0 saturated carbocycles. The van der Waals surface area contributed by atoms with Gasteiger partial charge in [-0.15, -0.1) is 0 Å². The van der Waals surface area contributed by atoms with Gasteiger partial charge in [-0.1, -0.05) is 159 Å². The molecule has 276 valence electrons. The Labute approximate surface area is 339 Å². The van der Waals surface area contributed by atoms with Crippen LogP contribution in [0.3, 0.4) is 0 Å². The number of rotatable bonds is 7. The number of hydrogen-bond donors (Lipinski definition) is 0. The predicted molar refractivity (Wildman–Crippen MR) is 248 cm³/mol. The molecule has 0 atom stereocenters. The number of fused-ring (bicyclic) bond motifs is 5. The highest BCUT2D eigenvalue weighted by Crippen LogP contribution is 2.49. The molecule has 0 aliphatic carbocycles. The molecule has 11 rings (SSSR count). The summed E-state index contributed by atoms with van der Waals surface area (Å²) < 4.78 is 6.78. The second-order valence-corrected chi connectivity index (χ2v) is 20.0. The van der Waals surface area contributed by atoms with Crippen LogP contribution in [-0.4, -0.2) is 8.07 Å². The van der Waals surface area contributed by atoms with Gasteiger partial charge in [0.05, 0.1) is 17.1 Å². The maximum Gasteiger partial charge on any atom is 0.159 e. The van der Waals surface area contributed by atoms with E-state index in [2.05, 4.69) is 223 Å². The highest BCUT2D eigenvalue weighted by Gasteiger charge is 2.37. The van der Waals surface area contributed by atoms with E-state index in [9.17, 15) is 0 Å². The largest absolute Gasteiger partial charge is 0.454 e. The van der Waals surface area contributed by atoms with Crippen LogP contribution >= 0.6 is 0 Å². The Morgan fingerprint density at radius 2 is 0.983 bits per heavy atom. The van der Waals surface area contributed by atoms with Crippen molar-refractivity contribution in [3.8, 4) is 22.3 Å². The number of para-hydroxylation sites is 5. The normalized spacial score (nSPS) is 12.8. The number of furan rings is 1. The molecule has 1 aliphatic heterocycles. The lowest BCUT2D eigenvalue weighted by molar-refractivity contribution is 0.669. The first-order valence-electron chi connectivity index (χ1n) is 20.0. The highest BCUT2D eigenvalue weighted by atomic mass is 28.3. The van der Waals surface area contributed by atoms with Gasteiger partial charge in [-0.05, 0) is 93.1 Å². The quantitative estimate of drug-likeness (QED) is 0.151. The van der Waals surface area contributed by atoms with Gasteiger partial charge in [-0.2, -0.15) is 0 Å². The highest BCUT2D eigenvalue weighted by molar-refractivity contribution is 7.03. The third-order valence-electron chi connectivity index (χ3n) is 12.0. The summed E-state index contributed by atoms with van der Waals surface area (Å²) >= 11 is 0. The van der Waals surface area contributed by atoms with E-state index in [0.717, 1.165) is 55.9 Å². The molecule has 10 aromatic rings. The van der Waals surface area contributed by atoms with E-state index in [1.165, 1.54) is 43.5 Å². The molecule has 58 heavy (non-hydrogen) atoms. The molecule has 0 amide bonds. The second-order valence-electron chi connectivity index (χ2n) is 15.7. The molecule has 1 aromatic heterocycles. The molecule has 0 saturated heterocycles. The van der Waals surface area contributed by atoms with Crippen LogP contribution < -0.4 is 20.2 Å². The number of hydrogen-bond acceptors (Lipinski definition) is 3. The molecule has 0 radical (unpaired) electrons. The Morgan fingerprint density at radius 1 is 0.379 bits per heavy atom. The van der Waals surface area contributed by atoms with Gasteiger partial charge in [0, 0.05) is 38.8 Å². The zero-order valence-electron chi connectivity index (χ0n) is 32.4. The first-order chi connectivity index (χ1) is 28.6. The van der Waals surface area contributed by atoms with Crippen LogP contribution in [0.1, 0.15) is 0 Å². The van der Waals surface area contributed by atoms with E-state index in [1.807, 2.05) is 6.07 Å². The third kappa shape index (κ3) is 5.33. The van der Waals surface area contributed by atoms with Gasteiger partial charge in [0.2, 0.25) is 0 Å². The minimum absolute atomic E-state index is 0.876. The van der Waals surface area contributed by atoms with Gasteiger partial charge >= 0.3 is 0 Å². The van der Waals surface area contributed by atoms with Gasteiger partial charge in [0.25, 0.3) is 0 Å². The minimum atomic E-state index is -2.25. The van der Waals surface area contributed by atoms with Gasteiger partial charge in [-0.3, -0.25) is 0 Å². The van der Waals surface area contributed by atoms with Gasteiger partial charge in [-0.25, -0.2) is 0 Å². The van der Waals surface area contributed by atoms with Crippen LogP contribution in [0.25, 0.3) is 55.0 Å². The number of anilines is 6. The minimum Gasteiger partial charge on any atom is -0.454 e. The molecule has 3 nitrogen and oxygen atoms in total. The fourth-order valence-corrected chi connectivity index (χ4v) is 12.4. The lowest BCUT2D eigenvalue weighted by atomic mass is 9.94. The summed E-state index contributed by atoms with van der Waals surface area (Å²) in [4.78, 5) is 4.82. The van der Waals surface area contributed by atoms with Crippen LogP contribution in [0, 0.1) is 0 Å². The summed E-state index contributed by atoms with van der Waals surface area (Å²) in [6.07, 6.45) is 0. The van der Waals surface area contributed by atoms with E-state index in [-0.39, 0.29) is 0 Å². The summed E-state index contributed by atoms with van der Waals surface area (Å²) in [7, 11) is -2.25. The van der Waals surface area contributed by atoms with Crippen molar-refractivity contribution in [2.75, 3.05) is 9.80 Å². The van der Waals surface area contributed by atoms with Crippen LogP contribution in [-0.2, 0) is 0 Å². The predicted octanol–water partition coefficient (Wildman–Crippen LogP) is 14.1. The van der Waals surface area contributed by atoms with E-state index in [4.69, 9.17) is 4.42 Å². The van der Waals surface area contributed by atoms with Crippen molar-refractivity contribution >= 4 is 85.3 Å². The van der Waals surface area contributed by atoms with Gasteiger partial charge in [0.1, 0.15) is 13.7 Å². The molecule has 0 spiro atoms. The molecular weight excluding hydrogens is 721 g/mol. The fraction of sp³-hybridized carbons (Fsp3) is 0.0370. The topological polar surface area (TPSA) is 19.6 Å². The van der Waals surface area contributed by atoms with Crippen LogP contribution in [0.5, 0.6) is 0 Å². The van der Waals surface area contributed by atoms with Crippen LogP contribution in [0.4, 0.5) is 34.1 Å². The van der Waals surface area contributed by atoms with Crippen molar-refractivity contribution in [1.82, 2.24) is 0 Å². The molecule has 0 bridgehead atoms. The second kappa shape index (κ2) is 13.5. The van der Waals surface area contributed by atoms with Gasteiger partial charge < -0.3 is 14.2 Å². The fourth-order valence-electron chi connectivity index (χ4n) is 9.33. The van der Waals surface area contributed by atoms with Crippen molar-refractivity contribution in [1.29, 1.82) is 0 Å². The van der Waals surface area contributed by atoms with Crippen molar-refractivity contribution in [2.24, 2.45) is 0 Å². The van der Waals surface area contributed by atoms with Crippen molar-refractivity contribution in [3.05, 3.63) is 206 Å². The van der Waals surface area contributed by atoms with Crippen LogP contribution in [0.2, 0.25) is 13.1 Å². The van der Waals surface area contributed by atoms with Crippen LogP contribution in [0.15, 0.2) is 211 Å². The molecule has 1 aliphatic rings. The van der Waals surface area contributed by atoms with Crippen molar-refractivity contribution in [3.63, 3.8) is 0 Å². The molecule has 4 heteroatoms. The number of nitrogens with zero attached hydrogens (tertiary/aromatic N) is 2. The molecule has 2 heterocycles. The lowest BCUT2D eigenvalue weighted by Crippen LogP contribution is -2.56. The Balaban J connectivity index is 1.15. The molecule has 0 unspecified atom stereocenters. The Kier molecular flexibility index (Phi) is 7.95. The van der Waals surface area contributed by atoms with E-state index >= 15 is 0 Å². The molecule has 0 N–H and O–H groups in total. The van der Waals surface area contributed by atoms with E-state index in [0.29, 0.717) is 0 Å².